The minimum absolute atomic E-state index is 0.0108. The van der Waals surface area contributed by atoms with Crippen LogP contribution in [0.3, 0.4) is 0 Å². The van der Waals surface area contributed by atoms with Gasteiger partial charge in [-0.25, -0.2) is 28.2 Å². The first-order valence-corrected chi connectivity index (χ1v) is 10.7. The highest BCUT2D eigenvalue weighted by atomic mass is 35.5. The van der Waals surface area contributed by atoms with E-state index in [9.17, 15) is 26.4 Å². The molecule has 2 amide bonds. The van der Waals surface area contributed by atoms with Gasteiger partial charge in [0.15, 0.2) is 20.8 Å². The molecule has 0 fully saturated rings. The van der Waals surface area contributed by atoms with Crippen molar-refractivity contribution in [2.45, 2.75) is 18.0 Å². The van der Waals surface area contributed by atoms with Crippen LogP contribution in [0.15, 0.2) is 23.1 Å². The minimum atomic E-state index is -4.75. The summed E-state index contributed by atoms with van der Waals surface area (Å²) in [6.07, 6.45) is -4.75. The summed E-state index contributed by atoms with van der Waals surface area (Å²) < 4.78 is 65.8. The first-order chi connectivity index (χ1) is 14.4. The largest absolute Gasteiger partial charge is 0.433 e. The molecule has 0 atom stereocenters. The lowest BCUT2D eigenvalue weighted by Gasteiger charge is -2.11. The number of carbonyl (C=O) groups excluding carboxylic acids is 1. The lowest BCUT2D eigenvalue weighted by molar-refractivity contribution is -0.141. The Hall–Kier alpha value is -2.93. The summed E-state index contributed by atoms with van der Waals surface area (Å²) in [4.78, 5) is 23.1. The Morgan fingerprint density at radius 3 is 2.48 bits per heavy atom. The van der Waals surface area contributed by atoms with Crippen molar-refractivity contribution in [3.8, 4) is 11.5 Å². The van der Waals surface area contributed by atoms with Crippen LogP contribution in [0, 0.1) is 0 Å². The van der Waals surface area contributed by atoms with Crippen LogP contribution >= 0.6 is 11.6 Å². The van der Waals surface area contributed by atoms with Crippen LogP contribution in [0.2, 0.25) is 5.15 Å². The van der Waals surface area contributed by atoms with Gasteiger partial charge in [-0.15, -0.1) is 0 Å². The van der Waals surface area contributed by atoms with Crippen LogP contribution in [-0.2, 0) is 23.1 Å². The Balaban J connectivity index is 2.31. The van der Waals surface area contributed by atoms with Crippen molar-refractivity contribution in [3.63, 3.8) is 0 Å². The maximum Gasteiger partial charge on any atom is 0.433 e. The predicted octanol–water partition coefficient (Wildman–Crippen LogP) is 3.25. The van der Waals surface area contributed by atoms with Crippen LogP contribution in [0.1, 0.15) is 12.6 Å². The molecule has 0 radical (unpaired) electrons. The Bertz CT molecular complexity index is 1290. The molecule has 2 N–H and O–H groups in total. The van der Waals surface area contributed by atoms with E-state index in [1.54, 1.807) is 0 Å². The third-order valence-electron chi connectivity index (χ3n) is 4.35. The molecule has 9 nitrogen and oxygen atoms in total. The zero-order valence-electron chi connectivity index (χ0n) is 16.4. The summed E-state index contributed by atoms with van der Waals surface area (Å²) in [6, 6.07) is 2.65. The number of carbonyl (C=O) groups is 1. The summed E-state index contributed by atoms with van der Waals surface area (Å²) in [5.74, 6) is -0.309. The number of aromatic nitrogens is 4. The molecule has 3 aromatic heterocycles. The second-order valence-corrected chi connectivity index (χ2v) is 8.91. The zero-order valence-corrected chi connectivity index (χ0v) is 17.9. The fourth-order valence-electron chi connectivity index (χ4n) is 2.80. The van der Waals surface area contributed by atoms with Gasteiger partial charge in [-0.1, -0.05) is 18.5 Å². The quantitative estimate of drug-likeness (QED) is 0.558. The number of rotatable bonds is 4. The van der Waals surface area contributed by atoms with Gasteiger partial charge in [-0.3, -0.25) is 5.32 Å². The van der Waals surface area contributed by atoms with E-state index < -0.39 is 32.9 Å². The standard InChI is InChI=1S/C17H16ClF3N6O3S/c1-4-31(29,30)9-5-6-11(26-16(28)22-2)25-12(9)15-23-8-7-10(17(19,20)21)24-14(18)13(8)27(15)3/h5-7H,4H2,1-3H3,(H2,22,25,26,28). The normalized spacial score (nSPS) is 12.2. The van der Waals surface area contributed by atoms with E-state index in [4.69, 9.17) is 11.6 Å². The molecule has 31 heavy (non-hydrogen) atoms. The van der Waals surface area contributed by atoms with Crippen molar-refractivity contribution < 1.29 is 26.4 Å². The van der Waals surface area contributed by atoms with Gasteiger partial charge in [0.1, 0.15) is 22.7 Å². The Kier molecular flexibility index (Phi) is 5.84. The van der Waals surface area contributed by atoms with Crippen LogP contribution in [0.4, 0.5) is 23.8 Å². The fourth-order valence-corrected chi connectivity index (χ4v) is 4.14. The summed E-state index contributed by atoms with van der Waals surface area (Å²) in [7, 11) is -0.978. The van der Waals surface area contributed by atoms with Gasteiger partial charge in [0.25, 0.3) is 0 Å². The van der Waals surface area contributed by atoms with Crippen LogP contribution in [0.5, 0.6) is 0 Å². The van der Waals surface area contributed by atoms with Gasteiger partial charge < -0.3 is 9.88 Å². The molecule has 0 aliphatic carbocycles. The number of hydrogen-bond acceptors (Lipinski definition) is 6. The molecule has 0 aromatic carbocycles. The molecule has 3 rings (SSSR count). The number of halogens is 4. The summed E-state index contributed by atoms with van der Waals surface area (Å²) in [5, 5.41) is 4.29. The Morgan fingerprint density at radius 1 is 1.23 bits per heavy atom. The van der Waals surface area contributed by atoms with Gasteiger partial charge in [0, 0.05) is 14.1 Å². The number of aryl methyl sites for hydroxylation is 1. The summed E-state index contributed by atoms with van der Waals surface area (Å²) in [5.41, 5.74) is -1.47. The van der Waals surface area contributed by atoms with Crippen molar-refractivity contribution in [3.05, 3.63) is 29.0 Å². The van der Waals surface area contributed by atoms with E-state index in [-0.39, 0.29) is 39.0 Å². The summed E-state index contributed by atoms with van der Waals surface area (Å²) in [6.45, 7) is 1.43. The first-order valence-electron chi connectivity index (χ1n) is 8.72. The minimum Gasteiger partial charge on any atom is -0.341 e. The van der Waals surface area contributed by atoms with E-state index in [1.165, 1.54) is 37.7 Å². The van der Waals surface area contributed by atoms with Crippen molar-refractivity contribution >= 4 is 44.3 Å². The number of pyridine rings is 2. The number of amides is 2. The lowest BCUT2D eigenvalue weighted by atomic mass is 10.3. The number of fused-ring (bicyclic) bond motifs is 1. The van der Waals surface area contributed by atoms with Gasteiger partial charge in [-0.2, -0.15) is 13.2 Å². The molecule has 0 saturated carbocycles. The molecule has 3 heterocycles. The van der Waals surface area contributed by atoms with E-state index >= 15 is 0 Å². The highest BCUT2D eigenvalue weighted by Crippen LogP contribution is 2.35. The van der Waals surface area contributed by atoms with Crippen molar-refractivity contribution in [2.75, 3.05) is 18.1 Å². The fraction of sp³-hybridized carbons (Fsp3) is 0.294. The van der Waals surface area contributed by atoms with Gasteiger partial charge in [0.05, 0.1) is 16.2 Å². The monoisotopic (exact) mass is 476 g/mol. The zero-order chi connectivity index (χ0) is 23.1. The predicted molar refractivity (Wildman–Crippen MR) is 108 cm³/mol. The lowest BCUT2D eigenvalue weighted by Crippen LogP contribution is -2.25. The molecule has 0 spiro atoms. The summed E-state index contributed by atoms with van der Waals surface area (Å²) >= 11 is 5.97. The van der Waals surface area contributed by atoms with Crippen LogP contribution in [-0.4, -0.2) is 46.8 Å². The number of sulfone groups is 1. The first kappa shape index (κ1) is 22.7. The second-order valence-electron chi connectivity index (χ2n) is 6.31. The second kappa shape index (κ2) is 7.96. The molecule has 0 aliphatic heterocycles. The molecule has 14 heteroatoms. The molecule has 0 unspecified atom stereocenters. The third-order valence-corrected chi connectivity index (χ3v) is 6.38. The van der Waals surface area contributed by atoms with Crippen molar-refractivity contribution in [1.82, 2.24) is 24.8 Å². The smallest absolute Gasteiger partial charge is 0.341 e. The highest BCUT2D eigenvalue weighted by Gasteiger charge is 2.34. The maximum atomic E-state index is 13.1. The SMILES string of the molecule is CCS(=O)(=O)c1ccc(NC(=O)NC)nc1-c1nc2cc(C(F)(F)F)nc(Cl)c2n1C. The average molecular weight is 477 g/mol. The number of nitrogens with one attached hydrogen (secondary N) is 2. The molecule has 0 aliphatic rings. The number of anilines is 1. The molecular weight excluding hydrogens is 461 g/mol. The Labute approximate surface area is 179 Å². The molecular formula is C17H16ClF3N6O3S. The van der Waals surface area contributed by atoms with E-state index in [0.29, 0.717) is 6.07 Å². The number of urea groups is 1. The molecule has 0 bridgehead atoms. The van der Waals surface area contributed by atoms with Crippen LogP contribution in [0.25, 0.3) is 22.6 Å². The number of nitrogens with zero attached hydrogens (tertiary/aromatic N) is 4. The van der Waals surface area contributed by atoms with E-state index in [1.807, 2.05) is 0 Å². The van der Waals surface area contributed by atoms with Gasteiger partial charge in [-0.05, 0) is 18.2 Å². The molecule has 166 valence electrons. The van der Waals surface area contributed by atoms with Crippen molar-refractivity contribution in [2.24, 2.45) is 7.05 Å². The number of alkyl halides is 3. The Morgan fingerprint density at radius 2 is 1.90 bits per heavy atom. The number of imidazole rings is 1. The van der Waals surface area contributed by atoms with E-state index in [2.05, 4.69) is 25.6 Å². The average Bonchev–Trinajstić information content (AvgIpc) is 3.04. The van der Waals surface area contributed by atoms with Crippen molar-refractivity contribution in [1.29, 1.82) is 0 Å². The van der Waals surface area contributed by atoms with Gasteiger partial charge >= 0.3 is 12.2 Å². The van der Waals surface area contributed by atoms with E-state index in [0.717, 1.165) is 0 Å². The third kappa shape index (κ3) is 4.28. The number of hydrogen-bond donors (Lipinski definition) is 2. The maximum absolute atomic E-state index is 13.1. The topological polar surface area (TPSA) is 119 Å². The molecule has 3 aromatic rings. The highest BCUT2D eigenvalue weighted by molar-refractivity contribution is 7.91. The molecule has 0 saturated heterocycles. The van der Waals surface area contributed by atoms with Crippen LogP contribution < -0.4 is 10.6 Å². The van der Waals surface area contributed by atoms with Gasteiger partial charge in [0.2, 0.25) is 0 Å².